The van der Waals surface area contributed by atoms with Crippen molar-refractivity contribution < 1.29 is 5.11 Å². The summed E-state index contributed by atoms with van der Waals surface area (Å²) in [5, 5.41) is 11.0. The Morgan fingerprint density at radius 3 is 2.62 bits per heavy atom. The number of aromatic nitrogens is 1. The lowest BCUT2D eigenvalue weighted by atomic mass is 10.1. The first-order chi connectivity index (χ1) is 9.04. The summed E-state index contributed by atoms with van der Waals surface area (Å²) in [6.45, 7) is 6.51. The first-order valence-electron chi connectivity index (χ1n) is 6.78. The van der Waals surface area contributed by atoms with Crippen LogP contribution in [0.4, 0.5) is 0 Å². The molecule has 1 aliphatic rings. The summed E-state index contributed by atoms with van der Waals surface area (Å²) in [6.07, 6.45) is -0.396. The second-order valence-corrected chi connectivity index (χ2v) is 5.70. The summed E-state index contributed by atoms with van der Waals surface area (Å²) in [4.78, 5) is 5.69. The molecule has 2 aromatic rings. The Balaban J connectivity index is 0.00000110. The number of β-amino-alcohol motifs (C(OH)–C–C–N with tert-alkyl or cyclic N) is 1. The zero-order chi connectivity index (χ0) is 13.6. The van der Waals surface area contributed by atoms with Crippen molar-refractivity contribution in [2.24, 2.45) is 5.73 Å². The van der Waals surface area contributed by atoms with Gasteiger partial charge in [0.2, 0.25) is 0 Å². The second-order valence-electron chi connectivity index (χ2n) is 5.70. The topological polar surface area (TPSA) is 65.3 Å². The quantitative estimate of drug-likeness (QED) is 0.789. The van der Waals surface area contributed by atoms with E-state index in [4.69, 9.17) is 5.73 Å². The first-order valence-corrected chi connectivity index (χ1v) is 6.78. The third-order valence-electron chi connectivity index (χ3n) is 4.11. The predicted molar refractivity (Wildman–Crippen MR) is 91.5 cm³/mol. The van der Waals surface area contributed by atoms with Gasteiger partial charge in [0.15, 0.2) is 0 Å². The van der Waals surface area contributed by atoms with E-state index < -0.39 is 6.10 Å². The summed E-state index contributed by atoms with van der Waals surface area (Å²) in [6, 6.07) is 6.35. The molecule has 3 rings (SSSR count). The third-order valence-corrected chi connectivity index (χ3v) is 4.11. The standard InChI is InChI=1S/C15H21N3O.2ClH/c1-9-3-4-13-11(5-9)10(2)14(17-13)7-18-6-12(16)15(19)8-18;;/h3-5,12,15,17,19H,6-8,16H2,1-2H3;2*1H/t12-,15-;;/m1../s1. The Morgan fingerprint density at radius 2 is 2.00 bits per heavy atom. The molecule has 0 aliphatic carbocycles. The van der Waals surface area contributed by atoms with Crippen molar-refractivity contribution in [3.8, 4) is 0 Å². The minimum atomic E-state index is -0.396. The molecule has 118 valence electrons. The van der Waals surface area contributed by atoms with E-state index in [1.54, 1.807) is 0 Å². The second kappa shape index (κ2) is 6.99. The average molecular weight is 332 g/mol. The number of nitrogens with two attached hydrogens (primary N) is 1. The molecule has 1 saturated heterocycles. The maximum absolute atomic E-state index is 9.71. The van der Waals surface area contributed by atoms with Gasteiger partial charge >= 0.3 is 0 Å². The lowest BCUT2D eigenvalue weighted by Gasteiger charge is -2.14. The number of aryl methyl sites for hydroxylation is 2. The minimum Gasteiger partial charge on any atom is -0.390 e. The normalized spacial score (nSPS) is 22.1. The minimum absolute atomic E-state index is 0. The highest BCUT2D eigenvalue weighted by Crippen LogP contribution is 2.24. The Morgan fingerprint density at radius 1 is 1.29 bits per heavy atom. The molecule has 0 bridgehead atoms. The van der Waals surface area contributed by atoms with E-state index in [0.717, 1.165) is 13.1 Å². The summed E-state index contributed by atoms with van der Waals surface area (Å²) in [5.41, 5.74) is 10.8. The average Bonchev–Trinajstić information content (AvgIpc) is 2.83. The Labute approximate surface area is 137 Å². The smallest absolute Gasteiger partial charge is 0.0830 e. The van der Waals surface area contributed by atoms with Crippen LogP contribution in [-0.4, -0.2) is 40.2 Å². The summed E-state index contributed by atoms with van der Waals surface area (Å²) in [5.74, 6) is 0. The van der Waals surface area contributed by atoms with Crippen molar-refractivity contribution in [3.63, 3.8) is 0 Å². The van der Waals surface area contributed by atoms with Gasteiger partial charge in [0, 0.05) is 42.3 Å². The number of nitrogens with one attached hydrogen (secondary N) is 1. The van der Waals surface area contributed by atoms with Crippen LogP contribution in [0.3, 0.4) is 0 Å². The zero-order valence-electron chi connectivity index (χ0n) is 12.3. The maximum Gasteiger partial charge on any atom is 0.0830 e. The molecule has 0 saturated carbocycles. The third kappa shape index (κ3) is 3.52. The van der Waals surface area contributed by atoms with Crippen molar-refractivity contribution in [2.45, 2.75) is 32.5 Å². The molecule has 2 heterocycles. The SMILES string of the molecule is Cc1ccc2[nH]c(CN3C[C@@H](N)[C@H](O)C3)c(C)c2c1.Cl.Cl. The van der Waals surface area contributed by atoms with Crippen molar-refractivity contribution in [1.82, 2.24) is 9.88 Å². The number of likely N-dealkylation sites (tertiary alicyclic amines) is 1. The van der Waals surface area contributed by atoms with Gasteiger partial charge in [-0.2, -0.15) is 0 Å². The van der Waals surface area contributed by atoms with Gasteiger partial charge in [-0.15, -0.1) is 24.8 Å². The number of hydrogen-bond acceptors (Lipinski definition) is 3. The number of benzene rings is 1. The molecule has 1 aromatic carbocycles. The zero-order valence-corrected chi connectivity index (χ0v) is 13.9. The fraction of sp³-hybridized carbons (Fsp3) is 0.467. The van der Waals surface area contributed by atoms with Gasteiger partial charge in [0.1, 0.15) is 0 Å². The number of nitrogens with zero attached hydrogens (tertiary/aromatic N) is 1. The van der Waals surface area contributed by atoms with Gasteiger partial charge in [0.05, 0.1) is 6.10 Å². The Hall–Kier alpha value is -0.780. The summed E-state index contributed by atoms with van der Waals surface area (Å²) >= 11 is 0. The molecule has 0 spiro atoms. The largest absolute Gasteiger partial charge is 0.390 e. The molecule has 0 radical (unpaired) electrons. The number of aliphatic hydroxyl groups is 1. The van der Waals surface area contributed by atoms with Gasteiger partial charge in [-0.3, -0.25) is 4.90 Å². The van der Waals surface area contributed by atoms with Gasteiger partial charge in [-0.1, -0.05) is 11.6 Å². The van der Waals surface area contributed by atoms with Crippen LogP contribution in [0.15, 0.2) is 18.2 Å². The predicted octanol–water partition coefficient (Wildman–Crippen LogP) is 2.13. The summed E-state index contributed by atoms with van der Waals surface area (Å²) < 4.78 is 0. The number of hydrogen-bond donors (Lipinski definition) is 3. The molecule has 4 N–H and O–H groups in total. The van der Waals surface area contributed by atoms with E-state index in [0.29, 0.717) is 6.54 Å². The van der Waals surface area contributed by atoms with E-state index in [2.05, 4.69) is 41.9 Å². The van der Waals surface area contributed by atoms with Crippen LogP contribution in [-0.2, 0) is 6.54 Å². The van der Waals surface area contributed by atoms with Crippen molar-refractivity contribution in [3.05, 3.63) is 35.0 Å². The number of aliphatic hydroxyl groups excluding tert-OH is 1. The van der Waals surface area contributed by atoms with Crippen LogP contribution in [0, 0.1) is 13.8 Å². The number of halogens is 2. The van der Waals surface area contributed by atoms with Gasteiger partial charge in [-0.05, 0) is 31.5 Å². The number of rotatable bonds is 2. The molecular weight excluding hydrogens is 309 g/mol. The van der Waals surface area contributed by atoms with Crippen LogP contribution in [0.2, 0.25) is 0 Å². The number of aromatic amines is 1. The lowest BCUT2D eigenvalue weighted by molar-refractivity contribution is 0.164. The highest BCUT2D eigenvalue weighted by Gasteiger charge is 2.28. The summed E-state index contributed by atoms with van der Waals surface area (Å²) in [7, 11) is 0. The Kier molecular flexibility index (Phi) is 6.08. The van der Waals surface area contributed by atoms with Gasteiger partial charge in [0.25, 0.3) is 0 Å². The van der Waals surface area contributed by atoms with Gasteiger partial charge < -0.3 is 15.8 Å². The molecule has 1 fully saturated rings. The molecule has 0 amide bonds. The van der Waals surface area contributed by atoms with Crippen LogP contribution in [0.1, 0.15) is 16.8 Å². The Bertz CT molecular complexity index is 604. The van der Waals surface area contributed by atoms with E-state index >= 15 is 0 Å². The van der Waals surface area contributed by atoms with E-state index in [9.17, 15) is 5.11 Å². The fourth-order valence-corrected chi connectivity index (χ4v) is 2.90. The van der Waals surface area contributed by atoms with Crippen molar-refractivity contribution in [1.29, 1.82) is 0 Å². The maximum atomic E-state index is 9.71. The van der Waals surface area contributed by atoms with Crippen LogP contribution < -0.4 is 5.73 Å². The fourth-order valence-electron chi connectivity index (χ4n) is 2.90. The van der Waals surface area contributed by atoms with E-state index in [-0.39, 0.29) is 30.9 Å². The molecule has 6 heteroatoms. The molecule has 4 nitrogen and oxygen atoms in total. The molecule has 1 aromatic heterocycles. The molecular formula is C15H23Cl2N3O. The van der Waals surface area contributed by atoms with Crippen LogP contribution >= 0.6 is 24.8 Å². The monoisotopic (exact) mass is 331 g/mol. The number of H-pyrrole nitrogens is 1. The van der Waals surface area contributed by atoms with E-state index in [1.807, 2.05) is 0 Å². The van der Waals surface area contributed by atoms with Crippen molar-refractivity contribution in [2.75, 3.05) is 13.1 Å². The number of fused-ring (bicyclic) bond motifs is 1. The van der Waals surface area contributed by atoms with Crippen LogP contribution in [0.25, 0.3) is 10.9 Å². The van der Waals surface area contributed by atoms with Crippen molar-refractivity contribution >= 4 is 35.7 Å². The first kappa shape index (κ1) is 18.3. The van der Waals surface area contributed by atoms with Gasteiger partial charge in [-0.25, -0.2) is 0 Å². The molecule has 1 aliphatic heterocycles. The van der Waals surface area contributed by atoms with Crippen LogP contribution in [0.5, 0.6) is 0 Å². The molecule has 0 unspecified atom stereocenters. The molecule has 21 heavy (non-hydrogen) atoms. The highest BCUT2D eigenvalue weighted by molar-refractivity contribution is 5.86. The lowest BCUT2D eigenvalue weighted by Crippen LogP contribution is -2.32. The van der Waals surface area contributed by atoms with E-state index in [1.165, 1.54) is 27.7 Å². The molecule has 2 atom stereocenters. The highest BCUT2D eigenvalue weighted by atomic mass is 35.5.